The van der Waals surface area contributed by atoms with Gasteiger partial charge in [0.15, 0.2) is 0 Å². The van der Waals surface area contributed by atoms with Gasteiger partial charge in [-0.3, -0.25) is 10.1 Å². The van der Waals surface area contributed by atoms with Gasteiger partial charge in [0.25, 0.3) is 5.69 Å². The fourth-order valence-corrected chi connectivity index (χ4v) is 2.86. The molecule has 1 heterocycles. The van der Waals surface area contributed by atoms with Crippen LogP contribution in [-0.2, 0) is 0 Å². The van der Waals surface area contributed by atoms with Gasteiger partial charge in [-0.25, -0.2) is 0 Å². The molecule has 0 bridgehead atoms. The molecule has 0 radical (unpaired) electrons. The predicted octanol–water partition coefficient (Wildman–Crippen LogP) is 3.77. The molecule has 0 spiro atoms. The van der Waals surface area contributed by atoms with E-state index in [2.05, 4.69) is 22.0 Å². The Morgan fingerprint density at radius 2 is 2.20 bits per heavy atom. The van der Waals surface area contributed by atoms with Crippen LogP contribution in [0.3, 0.4) is 0 Å². The smallest absolute Gasteiger partial charge is 0.271 e. The fraction of sp³-hybridized carbons (Fsp3) is 0. The summed E-state index contributed by atoms with van der Waals surface area (Å²) in [6, 6.07) is 10.0. The summed E-state index contributed by atoms with van der Waals surface area (Å²) in [6.07, 6.45) is 0. The van der Waals surface area contributed by atoms with Crippen LogP contribution in [0.25, 0.3) is 11.3 Å². The van der Waals surface area contributed by atoms with Crippen LogP contribution in [0.15, 0.2) is 40.2 Å². The Morgan fingerprint density at radius 1 is 1.45 bits per heavy atom. The molecule has 1 aromatic carbocycles. The van der Waals surface area contributed by atoms with Gasteiger partial charge >= 0.3 is 0 Å². The Hall–Kier alpha value is -2.17. The minimum Gasteiger partial charge on any atom is -0.397 e. The van der Waals surface area contributed by atoms with Gasteiger partial charge in [-0.1, -0.05) is 22.0 Å². The highest BCUT2D eigenvalue weighted by molar-refractivity contribution is 9.10. The van der Waals surface area contributed by atoms with Gasteiger partial charge in [-0.2, -0.15) is 5.26 Å². The monoisotopic (exact) mass is 349 g/mol. The van der Waals surface area contributed by atoms with Crippen LogP contribution in [-0.4, -0.2) is 4.92 Å². The lowest BCUT2D eigenvalue weighted by molar-refractivity contribution is -0.384. The van der Waals surface area contributed by atoms with Gasteiger partial charge in [0.1, 0.15) is 6.07 Å². The topological polar surface area (TPSA) is 93.0 Å². The molecule has 2 N–H and O–H groups in total. The third-order valence-electron chi connectivity index (χ3n) is 2.55. The van der Waals surface area contributed by atoms with Crippen molar-refractivity contribution in [1.29, 1.82) is 5.26 Å². The average molecular weight is 350 g/mol. The first-order valence-electron chi connectivity index (χ1n) is 5.42. The number of halogens is 1. The molecule has 1 aromatic heterocycles. The van der Waals surface area contributed by atoms with Crippen LogP contribution >= 0.6 is 27.3 Å². The molecule has 2 rings (SSSR count). The lowest BCUT2D eigenvalue weighted by Gasteiger charge is -2.05. The second-order valence-corrected chi connectivity index (χ2v) is 5.70. The molecule has 0 atom stereocenters. The third-order valence-corrected chi connectivity index (χ3v) is 3.90. The first-order chi connectivity index (χ1) is 9.52. The van der Waals surface area contributed by atoms with Crippen molar-refractivity contribution in [2.75, 3.05) is 0 Å². The van der Waals surface area contributed by atoms with Crippen LogP contribution < -0.4 is 5.73 Å². The number of nitro groups is 1. The molecule has 0 aliphatic carbocycles. The molecule has 20 heavy (non-hydrogen) atoms. The van der Waals surface area contributed by atoms with Crippen molar-refractivity contribution >= 4 is 44.2 Å². The van der Waals surface area contributed by atoms with E-state index in [0.717, 1.165) is 4.88 Å². The number of nitro benzene ring substituents is 1. The van der Waals surface area contributed by atoms with E-state index < -0.39 is 4.92 Å². The molecule has 0 fully saturated rings. The van der Waals surface area contributed by atoms with Crippen LogP contribution in [0.1, 0.15) is 10.4 Å². The lowest BCUT2D eigenvalue weighted by Crippen LogP contribution is -2.01. The van der Waals surface area contributed by atoms with E-state index >= 15 is 0 Å². The summed E-state index contributed by atoms with van der Waals surface area (Å²) < 4.78 is 0.535. The summed E-state index contributed by atoms with van der Waals surface area (Å²) in [5, 5.41) is 21.9. The van der Waals surface area contributed by atoms with E-state index in [1.807, 2.05) is 11.4 Å². The highest BCUT2D eigenvalue weighted by Crippen LogP contribution is 2.29. The zero-order valence-electron chi connectivity index (χ0n) is 10.0. The normalized spacial score (nSPS) is 11.6. The molecule has 2 aromatic rings. The maximum absolute atomic E-state index is 10.9. The van der Waals surface area contributed by atoms with Crippen molar-refractivity contribution in [2.45, 2.75) is 0 Å². The third kappa shape index (κ3) is 2.87. The average Bonchev–Trinajstić information content (AvgIpc) is 2.92. The van der Waals surface area contributed by atoms with E-state index in [9.17, 15) is 15.4 Å². The van der Waals surface area contributed by atoms with Gasteiger partial charge in [-0.05, 0) is 17.5 Å². The van der Waals surface area contributed by atoms with Crippen LogP contribution in [0.2, 0.25) is 0 Å². The fourth-order valence-electron chi connectivity index (χ4n) is 1.65. The molecular formula is C13H8BrN3O2S. The Bertz CT molecular complexity index is 733. The van der Waals surface area contributed by atoms with Crippen LogP contribution in [0.4, 0.5) is 5.69 Å². The summed E-state index contributed by atoms with van der Waals surface area (Å²) in [4.78, 5) is 11.1. The molecule has 0 saturated heterocycles. The molecule has 0 amide bonds. The van der Waals surface area contributed by atoms with Crippen molar-refractivity contribution in [2.24, 2.45) is 5.73 Å². The Kier molecular flexibility index (Phi) is 4.17. The number of hydrogen-bond acceptors (Lipinski definition) is 5. The number of thiophene rings is 1. The lowest BCUT2D eigenvalue weighted by atomic mass is 10.1. The molecule has 0 saturated carbocycles. The standard InChI is InChI=1S/C13H8BrN3O2S/c14-9-4-8(5-10(6-9)17(18)19)13(16)11(7-15)12-2-1-3-20-12/h1-6H,16H2/b13-11-. The zero-order chi connectivity index (χ0) is 14.7. The number of nitrogens with zero attached hydrogens (tertiary/aromatic N) is 2. The maximum atomic E-state index is 10.9. The van der Waals surface area contributed by atoms with Gasteiger partial charge in [-0.15, -0.1) is 11.3 Å². The predicted molar refractivity (Wildman–Crippen MR) is 81.7 cm³/mol. The van der Waals surface area contributed by atoms with Gasteiger partial charge in [0.05, 0.1) is 16.2 Å². The van der Waals surface area contributed by atoms with E-state index in [4.69, 9.17) is 5.73 Å². The van der Waals surface area contributed by atoms with Crippen LogP contribution in [0, 0.1) is 21.4 Å². The van der Waals surface area contributed by atoms with Gasteiger partial charge < -0.3 is 5.73 Å². The Morgan fingerprint density at radius 3 is 2.75 bits per heavy atom. The number of benzene rings is 1. The summed E-state index contributed by atoms with van der Waals surface area (Å²) in [7, 11) is 0. The van der Waals surface area contributed by atoms with Crippen molar-refractivity contribution in [1.82, 2.24) is 0 Å². The first-order valence-corrected chi connectivity index (χ1v) is 7.09. The largest absolute Gasteiger partial charge is 0.397 e. The second-order valence-electron chi connectivity index (χ2n) is 3.83. The van der Waals surface area contributed by atoms with Crippen LogP contribution in [0.5, 0.6) is 0 Å². The molecule has 5 nitrogen and oxygen atoms in total. The van der Waals surface area contributed by atoms with Gasteiger partial charge in [0, 0.05) is 27.0 Å². The van der Waals surface area contributed by atoms with E-state index in [1.54, 1.807) is 12.1 Å². The number of nitriles is 1. The highest BCUT2D eigenvalue weighted by Gasteiger charge is 2.14. The first kappa shape index (κ1) is 14.2. The SMILES string of the molecule is N#C/C(=C(/N)c1cc(Br)cc([N+](=O)[O-])c1)c1cccs1. The molecule has 0 aliphatic rings. The number of rotatable bonds is 3. The summed E-state index contributed by atoms with van der Waals surface area (Å²) in [5.41, 5.74) is 6.89. The summed E-state index contributed by atoms with van der Waals surface area (Å²) in [5.74, 6) is 0. The quantitative estimate of drug-likeness (QED) is 0.518. The van der Waals surface area contributed by atoms with Crippen molar-refractivity contribution in [3.05, 3.63) is 60.7 Å². The number of hydrogen-bond donors (Lipinski definition) is 1. The summed E-state index contributed by atoms with van der Waals surface area (Å²) >= 11 is 4.59. The number of nitrogens with two attached hydrogens (primary N) is 1. The van der Waals surface area contributed by atoms with Crippen molar-refractivity contribution in [3.63, 3.8) is 0 Å². The zero-order valence-corrected chi connectivity index (χ0v) is 12.4. The van der Waals surface area contributed by atoms with E-state index in [0.29, 0.717) is 15.6 Å². The van der Waals surface area contributed by atoms with E-state index in [-0.39, 0.29) is 11.4 Å². The van der Waals surface area contributed by atoms with Gasteiger partial charge in [0.2, 0.25) is 0 Å². The highest BCUT2D eigenvalue weighted by atomic mass is 79.9. The molecular weight excluding hydrogens is 342 g/mol. The Labute approximate surface area is 127 Å². The second kappa shape index (κ2) is 5.86. The molecule has 100 valence electrons. The minimum atomic E-state index is -0.501. The Balaban J connectivity index is 2.60. The number of non-ortho nitro benzene ring substituents is 1. The molecule has 0 unspecified atom stereocenters. The minimum absolute atomic E-state index is 0.0826. The summed E-state index contributed by atoms with van der Waals surface area (Å²) in [6.45, 7) is 0. The molecule has 0 aliphatic heterocycles. The maximum Gasteiger partial charge on any atom is 0.271 e. The molecule has 7 heteroatoms. The van der Waals surface area contributed by atoms with E-state index in [1.165, 1.54) is 23.5 Å². The number of allylic oxidation sites excluding steroid dienone is 1. The van der Waals surface area contributed by atoms with Crippen molar-refractivity contribution < 1.29 is 4.92 Å². The van der Waals surface area contributed by atoms with Crippen molar-refractivity contribution in [3.8, 4) is 6.07 Å².